The molecule has 0 saturated carbocycles. The maximum atomic E-state index is 13.0. The molecular weight excluding hydrogens is 468 g/mol. The van der Waals surface area contributed by atoms with Gasteiger partial charge in [-0.1, -0.05) is 17.7 Å². The van der Waals surface area contributed by atoms with Gasteiger partial charge in [-0.25, -0.2) is 8.42 Å². The number of carbonyl (C=O) groups excluding carboxylic acids is 1. The minimum absolute atomic E-state index is 0.113. The summed E-state index contributed by atoms with van der Waals surface area (Å²) in [4.78, 5) is 12.9. The second-order valence-electron chi connectivity index (χ2n) is 7.56. The van der Waals surface area contributed by atoms with Crippen LogP contribution in [0, 0.1) is 5.92 Å². The van der Waals surface area contributed by atoms with E-state index in [1.54, 1.807) is 32.4 Å². The average molecular weight is 497 g/mol. The highest BCUT2D eigenvalue weighted by Crippen LogP contribution is 2.31. The van der Waals surface area contributed by atoms with E-state index in [2.05, 4.69) is 5.32 Å². The first kappa shape index (κ1) is 25.1. The average Bonchev–Trinajstić information content (AvgIpc) is 2.83. The van der Waals surface area contributed by atoms with E-state index in [1.165, 1.54) is 16.4 Å². The number of nitrogens with one attached hydrogen (secondary N) is 1. The van der Waals surface area contributed by atoms with Crippen LogP contribution in [0.3, 0.4) is 0 Å². The number of methoxy groups -OCH3 is 2. The van der Waals surface area contributed by atoms with Crippen LogP contribution >= 0.6 is 11.6 Å². The van der Waals surface area contributed by atoms with Crippen molar-refractivity contribution in [3.8, 4) is 17.2 Å². The van der Waals surface area contributed by atoms with E-state index < -0.39 is 10.0 Å². The third-order valence-electron chi connectivity index (χ3n) is 5.63. The molecule has 33 heavy (non-hydrogen) atoms. The van der Waals surface area contributed by atoms with E-state index in [1.807, 2.05) is 13.0 Å². The molecule has 2 aromatic rings. The topological polar surface area (TPSA) is 94.2 Å². The van der Waals surface area contributed by atoms with Crippen LogP contribution in [-0.4, -0.2) is 52.5 Å². The Morgan fingerprint density at radius 1 is 1.09 bits per heavy atom. The molecular formula is C23H29ClN2O6S. The van der Waals surface area contributed by atoms with Gasteiger partial charge in [-0.3, -0.25) is 4.79 Å². The molecule has 2 aromatic carbocycles. The second kappa shape index (κ2) is 11.1. The summed E-state index contributed by atoms with van der Waals surface area (Å²) in [7, 11) is -0.583. The van der Waals surface area contributed by atoms with Crippen LogP contribution in [0.2, 0.25) is 5.02 Å². The number of nitrogens with zero attached hydrogens (tertiary/aromatic N) is 1. The van der Waals surface area contributed by atoms with Crippen LogP contribution in [0.15, 0.2) is 41.3 Å². The fraction of sp³-hybridized carbons (Fsp3) is 0.435. The number of piperidine rings is 1. The van der Waals surface area contributed by atoms with Crippen molar-refractivity contribution < 1.29 is 27.4 Å². The number of halogens is 1. The highest BCUT2D eigenvalue weighted by molar-refractivity contribution is 7.89. The predicted molar refractivity (Wildman–Crippen MR) is 125 cm³/mol. The number of rotatable bonds is 9. The highest BCUT2D eigenvalue weighted by atomic mass is 35.5. The Balaban J connectivity index is 1.60. The van der Waals surface area contributed by atoms with Crippen LogP contribution in [0.1, 0.15) is 25.3 Å². The summed E-state index contributed by atoms with van der Waals surface area (Å²) in [6.45, 7) is 3.03. The van der Waals surface area contributed by atoms with Crippen molar-refractivity contribution >= 4 is 27.5 Å². The summed E-state index contributed by atoms with van der Waals surface area (Å²) in [6, 6.07) is 9.88. The minimum atomic E-state index is -3.71. The van der Waals surface area contributed by atoms with Crippen LogP contribution in [-0.2, 0) is 21.4 Å². The quantitative estimate of drug-likeness (QED) is 0.571. The summed E-state index contributed by atoms with van der Waals surface area (Å²) < 4.78 is 43.6. The molecule has 1 heterocycles. The molecule has 1 N–H and O–H groups in total. The van der Waals surface area contributed by atoms with Gasteiger partial charge in [-0.2, -0.15) is 4.31 Å². The Morgan fingerprint density at radius 2 is 1.73 bits per heavy atom. The number of ether oxygens (including phenoxy) is 3. The third kappa shape index (κ3) is 5.72. The smallest absolute Gasteiger partial charge is 0.243 e. The molecule has 1 aliphatic rings. The van der Waals surface area contributed by atoms with Gasteiger partial charge in [-0.05, 0) is 50.1 Å². The molecule has 0 radical (unpaired) electrons. The van der Waals surface area contributed by atoms with E-state index >= 15 is 0 Å². The Bertz CT molecular complexity index is 1060. The van der Waals surface area contributed by atoms with Crippen LogP contribution < -0.4 is 19.5 Å². The Hall–Kier alpha value is -2.49. The predicted octanol–water partition coefficient (Wildman–Crippen LogP) is 3.47. The second-order valence-corrected chi connectivity index (χ2v) is 9.91. The number of amides is 1. The summed E-state index contributed by atoms with van der Waals surface area (Å²) in [5, 5.41) is 3.18. The van der Waals surface area contributed by atoms with Gasteiger partial charge < -0.3 is 19.5 Å². The van der Waals surface area contributed by atoms with E-state index in [-0.39, 0.29) is 41.4 Å². The first-order valence-electron chi connectivity index (χ1n) is 10.7. The molecule has 1 saturated heterocycles. The van der Waals surface area contributed by atoms with Crippen molar-refractivity contribution in [1.29, 1.82) is 0 Å². The monoisotopic (exact) mass is 496 g/mol. The molecule has 1 amide bonds. The van der Waals surface area contributed by atoms with Gasteiger partial charge in [0, 0.05) is 19.0 Å². The van der Waals surface area contributed by atoms with Crippen LogP contribution in [0.25, 0.3) is 0 Å². The maximum Gasteiger partial charge on any atom is 0.243 e. The number of benzene rings is 2. The molecule has 0 bridgehead atoms. The standard InChI is InChI=1S/C23H29ClN2O6S/c1-4-32-22-9-8-17(14-19(22)24)33(28,29)26-12-10-16(11-13-26)23(27)25-15-18-20(30-2)6-5-7-21(18)31-3/h5-9,14,16H,4,10-13,15H2,1-3H3,(H,25,27). The highest BCUT2D eigenvalue weighted by Gasteiger charge is 2.32. The van der Waals surface area contributed by atoms with E-state index in [0.29, 0.717) is 36.7 Å². The summed E-state index contributed by atoms with van der Waals surface area (Å²) in [6.07, 6.45) is 0.859. The summed E-state index contributed by atoms with van der Waals surface area (Å²) in [5.41, 5.74) is 0.753. The van der Waals surface area contributed by atoms with Crippen molar-refractivity contribution in [2.45, 2.75) is 31.2 Å². The van der Waals surface area contributed by atoms with E-state index in [4.69, 9.17) is 25.8 Å². The zero-order chi connectivity index (χ0) is 24.0. The minimum Gasteiger partial charge on any atom is -0.496 e. The van der Waals surface area contributed by atoms with Crippen LogP contribution in [0.5, 0.6) is 17.2 Å². The number of hydrogen-bond donors (Lipinski definition) is 1. The SMILES string of the molecule is CCOc1ccc(S(=O)(=O)N2CCC(C(=O)NCc3c(OC)cccc3OC)CC2)cc1Cl. The molecule has 10 heteroatoms. The maximum absolute atomic E-state index is 13.0. The molecule has 0 aromatic heterocycles. The Labute approximate surface area is 199 Å². The lowest BCUT2D eigenvalue weighted by Gasteiger charge is -2.30. The number of hydrogen-bond acceptors (Lipinski definition) is 6. The Morgan fingerprint density at radius 3 is 2.27 bits per heavy atom. The third-order valence-corrected chi connectivity index (χ3v) is 7.82. The first-order chi connectivity index (χ1) is 15.8. The number of sulfonamides is 1. The van der Waals surface area contributed by atoms with Crippen molar-refractivity contribution in [2.75, 3.05) is 33.9 Å². The molecule has 0 atom stereocenters. The van der Waals surface area contributed by atoms with Gasteiger partial charge in [0.05, 0.1) is 42.9 Å². The molecule has 1 fully saturated rings. The lowest BCUT2D eigenvalue weighted by Crippen LogP contribution is -2.42. The number of carbonyl (C=O) groups is 1. The normalized spacial score (nSPS) is 15.2. The molecule has 0 spiro atoms. The Kier molecular flexibility index (Phi) is 8.45. The fourth-order valence-electron chi connectivity index (χ4n) is 3.84. The summed E-state index contributed by atoms with van der Waals surface area (Å²) >= 11 is 6.17. The fourth-order valence-corrected chi connectivity index (χ4v) is 5.64. The largest absolute Gasteiger partial charge is 0.496 e. The molecule has 8 nitrogen and oxygen atoms in total. The lowest BCUT2D eigenvalue weighted by molar-refractivity contribution is -0.126. The molecule has 0 aliphatic carbocycles. The van der Waals surface area contributed by atoms with Gasteiger partial charge in [0.2, 0.25) is 15.9 Å². The molecule has 1 aliphatic heterocycles. The van der Waals surface area contributed by atoms with Gasteiger partial charge >= 0.3 is 0 Å². The van der Waals surface area contributed by atoms with Gasteiger partial charge in [0.15, 0.2) is 0 Å². The zero-order valence-corrected chi connectivity index (χ0v) is 20.5. The van der Waals surface area contributed by atoms with Crippen molar-refractivity contribution in [2.24, 2.45) is 5.92 Å². The van der Waals surface area contributed by atoms with Crippen molar-refractivity contribution in [3.63, 3.8) is 0 Å². The van der Waals surface area contributed by atoms with Gasteiger partial charge in [-0.15, -0.1) is 0 Å². The van der Waals surface area contributed by atoms with E-state index in [0.717, 1.165) is 5.56 Å². The summed E-state index contributed by atoms with van der Waals surface area (Å²) in [5.74, 6) is 1.31. The van der Waals surface area contributed by atoms with Gasteiger partial charge in [0.1, 0.15) is 17.2 Å². The molecule has 0 unspecified atom stereocenters. The van der Waals surface area contributed by atoms with Crippen molar-refractivity contribution in [3.05, 3.63) is 47.0 Å². The lowest BCUT2D eigenvalue weighted by atomic mass is 9.97. The van der Waals surface area contributed by atoms with Crippen molar-refractivity contribution in [1.82, 2.24) is 9.62 Å². The molecule has 3 rings (SSSR count). The molecule has 180 valence electrons. The van der Waals surface area contributed by atoms with E-state index in [9.17, 15) is 13.2 Å². The van der Waals surface area contributed by atoms with Gasteiger partial charge in [0.25, 0.3) is 0 Å². The van der Waals surface area contributed by atoms with Crippen LogP contribution in [0.4, 0.5) is 0 Å². The first-order valence-corrected chi connectivity index (χ1v) is 12.5. The zero-order valence-electron chi connectivity index (χ0n) is 19.0.